The van der Waals surface area contributed by atoms with Crippen LogP contribution in [0.1, 0.15) is 34.6 Å². The first-order valence-electron chi connectivity index (χ1n) is 9.91. The molecule has 0 aliphatic carbocycles. The van der Waals surface area contributed by atoms with Crippen LogP contribution in [-0.2, 0) is 0 Å². The van der Waals surface area contributed by atoms with Gasteiger partial charge in [0.15, 0.2) is 23.2 Å². The zero-order chi connectivity index (χ0) is 23.8. The number of benzene rings is 2. The van der Waals surface area contributed by atoms with Crippen LogP contribution in [0.5, 0.6) is 11.5 Å². The summed E-state index contributed by atoms with van der Waals surface area (Å²) >= 11 is 0. The number of amides is 1. The predicted octanol–water partition coefficient (Wildman–Crippen LogP) is 4.95. The third-order valence-corrected chi connectivity index (χ3v) is 5.34. The molecule has 2 aromatic carbocycles. The molecule has 0 fully saturated rings. The lowest BCUT2D eigenvalue weighted by Crippen LogP contribution is -2.35. The molecule has 4 rings (SSSR count). The number of hydrogen-bond donors (Lipinski definition) is 2. The summed E-state index contributed by atoms with van der Waals surface area (Å²) in [5.74, 6) is -0.306. The molecule has 0 bridgehead atoms. The second-order valence-electron chi connectivity index (χ2n) is 7.42. The van der Waals surface area contributed by atoms with Crippen LogP contribution in [0.2, 0.25) is 0 Å². The van der Waals surface area contributed by atoms with E-state index in [0.29, 0.717) is 22.7 Å². The Morgan fingerprint density at radius 2 is 1.79 bits per heavy atom. The third kappa shape index (κ3) is 4.57. The Bertz CT molecular complexity index is 1160. The molecule has 3 aromatic rings. The number of halogens is 4. The summed E-state index contributed by atoms with van der Waals surface area (Å²) in [5.41, 5.74) is 0.656. The fourth-order valence-electron chi connectivity index (χ4n) is 3.71. The van der Waals surface area contributed by atoms with E-state index in [0.717, 1.165) is 4.68 Å². The van der Waals surface area contributed by atoms with Gasteiger partial charge in [0.1, 0.15) is 11.6 Å². The Morgan fingerprint density at radius 1 is 1.09 bits per heavy atom. The van der Waals surface area contributed by atoms with Crippen molar-refractivity contribution in [1.29, 1.82) is 0 Å². The number of fused-ring (bicyclic) bond motifs is 1. The number of carbonyl (C=O) groups is 1. The van der Waals surface area contributed by atoms with Gasteiger partial charge >= 0.3 is 6.18 Å². The van der Waals surface area contributed by atoms with E-state index in [-0.39, 0.29) is 17.9 Å². The van der Waals surface area contributed by atoms with Crippen molar-refractivity contribution in [2.24, 2.45) is 0 Å². The van der Waals surface area contributed by atoms with Gasteiger partial charge in [0.25, 0.3) is 5.91 Å². The lowest BCUT2D eigenvalue weighted by atomic mass is 9.97. The molecule has 1 amide bonds. The van der Waals surface area contributed by atoms with Gasteiger partial charge < -0.3 is 20.1 Å². The number of anilines is 2. The molecule has 1 aromatic heterocycles. The first-order valence-corrected chi connectivity index (χ1v) is 9.91. The topological polar surface area (TPSA) is 77.4 Å². The molecule has 0 saturated carbocycles. The monoisotopic (exact) mass is 464 g/mol. The van der Waals surface area contributed by atoms with E-state index in [1.54, 1.807) is 12.1 Å². The van der Waals surface area contributed by atoms with Crippen molar-refractivity contribution in [3.05, 3.63) is 65.6 Å². The SMILES string of the molecule is COc1ccc(NC(=O)c2cc3n(n2)[C@H](C(F)(F)F)C[C@H](c2ccc(F)cc2)N3)cc1OC. The predicted molar refractivity (Wildman–Crippen MR) is 112 cm³/mol. The van der Waals surface area contributed by atoms with Gasteiger partial charge in [-0.2, -0.15) is 18.3 Å². The van der Waals surface area contributed by atoms with E-state index in [2.05, 4.69) is 15.7 Å². The van der Waals surface area contributed by atoms with Crippen LogP contribution in [0.15, 0.2) is 48.5 Å². The van der Waals surface area contributed by atoms with Gasteiger partial charge in [-0.3, -0.25) is 4.79 Å². The number of nitrogens with zero attached hydrogens (tertiary/aromatic N) is 2. The highest BCUT2D eigenvalue weighted by molar-refractivity contribution is 6.03. The molecule has 0 saturated heterocycles. The van der Waals surface area contributed by atoms with E-state index in [9.17, 15) is 22.4 Å². The zero-order valence-electron chi connectivity index (χ0n) is 17.6. The summed E-state index contributed by atoms with van der Waals surface area (Å²) in [5, 5.41) is 9.48. The second-order valence-corrected chi connectivity index (χ2v) is 7.42. The van der Waals surface area contributed by atoms with E-state index < -0.39 is 30.0 Å². The summed E-state index contributed by atoms with van der Waals surface area (Å²) in [7, 11) is 2.91. The first-order chi connectivity index (χ1) is 15.7. The van der Waals surface area contributed by atoms with Crippen LogP contribution < -0.4 is 20.1 Å². The van der Waals surface area contributed by atoms with Crippen molar-refractivity contribution in [3.8, 4) is 11.5 Å². The van der Waals surface area contributed by atoms with Gasteiger partial charge in [0, 0.05) is 24.2 Å². The van der Waals surface area contributed by atoms with E-state index in [4.69, 9.17) is 9.47 Å². The maximum Gasteiger partial charge on any atom is 0.410 e. The third-order valence-electron chi connectivity index (χ3n) is 5.34. The first kappa shape index (κ1) is 22.4. The molecule has 33 heavy (non-hydrogen) atoms. The van der Waals surface area contributed by atoms with Crippen molar-refractivity contribution >= 4 is 17.4 Å². The van der Waals surface area contributed by atoms with Gasteiger partial charge in [-0.1, -0.05) is 12.1 Å². The van der Waals surface area contributed by atoms with E-state index >= 15 is 0 Å². The number of nitrogens with one attached hydrogen (secondary N) is 2. The molecule has 0 spiro atoms. The highest BCUT2D eigenvalue weighted by Gasteiger charge is 2.46. The summed E-state index contributed by atoms with van der Waals surface area (Å²) in [6, 6.07) is 8.47. The van der Waals surface area contributed by atoms with Crippen LogP contribution in [0.3, 0.4) is 0 Å². The molecular formula is C22H20F4N4O3. The summed E-state index contributed by atoms with van der Waals surface area (Å²) in [6.45, 7) is 0. The maximum absolute atomic E-state index is 13.8. The van der Waals surface area contributed by atoms with Crippen LogP contribution >= 0.6 is 0 Å². The average molecular weight is 464 g/mol. The quantitative estimate of drug-likeness (QED) is 0.523. The van der Waals surface area contributed by atoms with E-state index in [1.165, 1.54) is 50.6 Å². The Kier molecular flexibility index (Phi) is 5.88. The van der Waals surface area contributed by atoms with E-state index in [1.807, 2.05) is 0 Å². The van der Waals surface area contributed by atoms with Gasteiger partial charge in [0.05, 0.1) is 20.3 Å². The van der Waals surface area contributed by atoms with Gasteiger partial charge in [-0.15, -0.1) is 0 Å². The van der Waals surface area contributed by atoms with Gasteiger partial charge in [-0.05, 0) is 29.8 Å². The smallest absolute Gasteiger partial charge is 0.410 e. The number of aromatic nitrogens is 2. The normalized spacial score (nSPS) is 17.6. The molecule has 1 aliphatic heterocycles. The van der Waals surface area contributed by atoms with Crippen LogP contribution in [0, 0.1) is 5.82 Å². The van der Waals surface area contributed by atoms with Gasteiger partial charge in [0.2, 0.25) is 0 Å². The molecular weight excluding hydrogens is 444 g/mol. The largest absolute Gasteiger partial charge is 0.493 e. The molecule has 2 heterocycles. The highest BCUT2D eigenvalue weighted by Crippen LogP contribution is 2.43. The average Bonchev–Trinajstić information content (AvgIpc) is 3.22. The fraction of sp³-hybridized carbons (Fsp3) is 0.273. The number of hydrogen-bond acceptors (Lipinski definition) is 5. The number of rotatable bonds is 5. The number of ether oxygens (including phenoxy) is 2. The minimum absolute atomic E-state index is 0.0374. The molecule has 1 aliphatic rings. The van der Waals surface area contributed by atoms with Crippen LogP contribution in [0.25, 0.3) is 0 Å². The number of methoxy groups -OCH3 is 2. The lowest BCUT2D eigenvalue weighted by molar-refractivity contribution is -0.173. The van der Waals surface area contributed by atoms with Crippen molar-refractivity contribution in [2.45, 2.75) is 24.7 Å². The highest BCUT2D eigenvalue weighted by atomic mass is 19.4. The van der Waals surface area contributed by atoms with Gasteiger partial charge in [-0.25, -0.2) is 9.07 Å². The van der Waals surface area contributed by atoms with Crippen LogP contribution in [-0.4, -0.2) is 36.1 Å². The van der Waals surface area contributed by atoms with Crippen molar-refractivity contribution in [2.75, 3.05) is 24.9 Å². The lowest BCUT2D eigenvalue weighted by Gasteiger charge is -2.33. The molecule has 0 radical (unpaired) electrons. The second kappa shape index (κ2) is 8.64. The molecule has 0 unspecified atom stereocenters. The molecule has 174 valence electrons. The molecule has 2 atom stereocenters. The minimum atomic E-state index is -4.60. The number of alkyl halides is 3. The summed E-state index contributed by atoms with van der Waals surface area (Å²) in [4.78, 5) is 12.7. The maximum atomic E-state index is 13.8. The van der Waals surface area contributed by atoms with Crippen LogP contribution in [0.4, 0.5) is 29.1 Å². The Labute approximate surface area is 186 Å². The fourth-order valence-corrected chi connectivity index (χ4v) is 3.71. The van der Waals surface area contributed by atoms with Crippen molar-refractivity contribution in [1.82, 2.24) is 9.78 Å². The van der Waals surface area contributed by atoms with Crippen molar-refractivity contribution < 1.29 is 31.8 Å². The Morgan fingerprint density at radius 3 is 2.42 bits per heavy atom. The Balaban J connectivity index is 1.61. The molecule has 7 nitrogen and oxygen atoms in total. The standard InChI is InChI=1S/C22H20F4N4O3/c1-32-17-8-7-14(9-18(17)33-2)27-21(31)16-11-20-28-15(12-3-5-13(23)6-4-12)10-19(22(24,25)26)30(20)29-16/h3-9,11,15,19,28H,10H2,1-2H3,(H,27,31)/t15-,19+/m1/s1. The summed E-state index contributed by atoms with van der Waals surface area (Å²) in [6.07, 6.45) is -4.96. The summed E-state index contributed by atoms with van der Waals surface area (Å²) < 4.78 is 65.8. The van der Waals surface area contributed by atoms with Crippen molar-refractivity contribution in [3.63, 3.8) is 0 Å². The minimum Gasteiger partial charge on any atom is -0.493 e. The Hall–Kier alpha value is -3.76. The molecule has 2 N–H and O–H groups in total. The number of carbonyl (C=O) groups excluding carboxylic acids is 1. The molecule has 11 heteroatoms. The zero-order valence-corrected chi connectivity index (χ0v) is 17.6.